The maximum absolute atomic E-state index is 12.7. The molecule has 2 aromatic rings. The maximum Gasteiger partial charge on any atom is 0.205 e. The summed E-state index contributed by atoms with van der Waals surface area (Å²) in [6.45, 7) is 0. The Bertz CT molecular complexity index is 595. The van der Waals surface area contributed by atoms with E-state index in [9.17, 15) is 4.79 Å². The number of rotatable bonds is 6. The predicted molar refractivity (Wildman–Crippen MR) is 86.1 cm³/mol. The minimum Gasteiger partial charge on any atom is -0.497 e. The SMILES string of the molecule is COc1ccc(C(=O)[C@@](Br)(Cc2ccccc2)OC)cc1. The molecule has 0 aliphatic carbocycles. The van der Waals surface area contributed by atoms with Gasteiger partial charge in [-0.15, -0.1) is 0 Å². The molecule has 0 unspecified atom stereocenters. The van der Waals surface area contributed by atoms with Gasteiger partial charge in [0.25, 0.3) is 0 Å². The van der Waals surface area contributed by atoms with E-state index in [4.69, 9.17) is 9.47 Å². The molecular formula is C17H17BrO3. The molecule has 0 fully saturated rings. The molecule has 2 rings (SSSR count). The van der Waals surface area contributed by atoms with Gasteiger partial charge in [-0.2, -0.15) is 0 Å². The van der Waals surface area contributed by atoms with Crippen molar-refractivity contribution in [2.75, 3.05) is 14.2 Å². The molecule has 0 amide bonds. The lowest BCUT2D eigenvalue weighted by atomic mass is 9.99. The first kappa shape index (κ1) is 15.7. The van der Waals surface area contributed by atoms with Gasteiger partial charge < -0.3 is 9.47 Å². The van der Waals surface area contributed by atoms with E-state index in [1.54, 1.807) is 31.4 Å². The van der Waals surface area contributed by atoms with Crippen LogP contribution in [0.1, 0.15) is 15.9 Å². The van der Waals surface area contributed by atoms with Crippen LogP contribution < -0.4 is 4.74 Å². The molecule has 0 aliphatic heterocycles. The highest BCUT2D eigenvalue weighted by molar-refractivity contribution is 9.10. The average Bonchev–Trinajstić information content (AvgIpc) is 2.55. The van der Waals surface area contributed by atoms with Crippen molar-refractivity contribution in [2.45, 2.75) is 10.9 Å². The fraction of sp³-hybridized carbons (Fsp3) is 0.235. The molecule has 0 aliphatic rings. The third-order valence-corrected chi connectivity index (χ3v) is 4.25. The zero-order valence-electron chi connectivity index (χ0n) is 12.0. The lowest BCUT2D eigenvalue weighted by molar-refractivity contribution is 0.0508. The van der Waals surface area contributed by atoms with Crippen molar-refractivity contribution < 1.29 is 14.3 Å². The highest BCUT2D eigenvalue weighted by atomic mass is 79.9. The molecular weight excluding hydrogens is 332 g/mol. The monoisotopic (exact) mass is 348 g/mol. The number of methoxy groups -OCH3 is 2. The molecule has 0 aromatic heterocycles. The van der Waals surface area contributed by atoms with Gasteiger partial charge in [-0.05, 0) is 45.8 Å². The van der Waals surface area contributed by atoms with Crippen LogP contribution in [0, 0.1) is 0 Å². The minimum atomic E-state index is -1.07. The summed E-state index contributed by atoms with van der Waals surface area (Å²) in [6.07, 6.45) is 0.454. The van der Waals surface area contributed by atoms with Crippen LogP contribution in [0.2, 0.25) is 0 Å². The zero-order valence-corrected chi connectivity index (χ0v) is 13.6. The molecule has 0 saturated carbocycles. The molecule has 3 nitrogen and oxygen atoms in total. The topological polar surface area (TPSA) is 35.5 Å². The lowest BCUT2D eigenvalue weighted by Gasteiger charge is -2.24. The number of carbonyl (C=O) groups is 1. The van der Waals surface area contributed by atoms with Crippen LogP contribution in [0.3, 0.4) is 0 Å². The first-order valence-electron chi connectivity index (χ1n) is 6.56. The molecule has 0 N–H and O–H groups in total. The highest BCUT2D eigenvalue weighted by Crippen LogP contribution is 2.29. The first-order valence-corrected chi connectivity index (χ1v) is 7.35. The number of ether oxygens (including phenoxy) is 2. The second-order valence-corrected chi connectivity index (χ2v) is 5.93. The molecule has 21 heavy (non-hydrogen) atoms. The standard InChI is InChI=1S/C17H17BrO3/c1-20-15-10-8-14(9-11-15)16(19)17(18,21-2)12-13-6-4-3-5-7-13/h3-11H,12H2,1-2H3/t17-/m1/s1. The third-order valence-electron chi connectivity index (χ3n) is 3.29. The average molecular weight is 349 g/mol. The number of carbonyl (C=O) groups excluding carboxylic acids is 1. The van der Waals surface area contributed by atoms with Crippen LogP contribution in [0.5, 0.6) is 5.75 Å². The summed E-state index contributed by atoms with van der Waals surface area (Å²) >= 11 is 3.46. The highest BCUT2D eigenvalue weighted by Gasteiger charge is 2.36. The van der Waals surface area contributed by atoms with E-state index in [0.29, 0.717) is 17.7 Å². The maximum atomic E-state index is 12.7. The van der Waals surface area contributed by atoms with Crippen LogP contribution in [-0.4, -0.2) is 24.5 Å². The quantitative estimate of drug-likeness (QED) is 0.587. The van der Waals surface area contributed by atoms with Gasteiger partial charge in [0.15, 0.2) is 4.51 Å². The second kappa shape index (κ2) is 6.87. The number of hydrogen-bond acceptors (Lipinski definition) is 3. The summed E-state index contributed by atoms with van der Waals surface area (Å²) in [5.41, 5.74) is 1.60. The largest absolute Gasteiger partial charge is 0.497 e. The van der Waals surface area contributed by atoms with Crippen molar-refractivity contribution in [1.82, 2.24) is 0 Å². The van der Waals surface area contributed by atoms with Gasteiger partial charge in [-0.3, -0.25) is 4.79 Å². The number of halogens is 1. The fourth-order valence-corrected chi connectivity index (χ4v) is 2.61. The predicted octanol–water partition coefficient (Wildman–Crippen LogP) is 3.86. The van der Waals surface area contributed by atoms with E-state index in [2.05, 4.69) is 15.9 Å². The van der Waals surface area contributed by atoms with Gasteiger partial charge in [0.2, 0.25) is 5.78 Å². The van der Waals surface area contributed by atoms with Crippen molar-refractivity contribution >= 4 is 21.7 Å². The van der Waals surface area contributed by atoms with Crippen molar-refractivity contribution in [3.63, 3.8) is 0 Å². The Hall–Kier alpha value is -1.65. The zero-order chi connectivity index (χ0) is 15.3. The van der Waals surface area contributed by atoms with Gasteiger partial charge in [-0.25, -0.2) is 0 Å². The molecule has 110 valence electrons. The molecule has 0 spiro atoms. The van der Waals surface area contributed by atoms with Crippen LogP contribution in [0.25, 0.3) is 0 Å². The van der Waals surface area contributed by atoms with Crippen LogP contribution in [0.15, 0.2) is 54.6 Å². The lowest BCUT2D eigenvalue weighted by Crippen LogP contribution is -2.36. The van der Waals surface area contributed by atoms with E-state index in [-0.39, 0.29) is 5.78 Å². The van der Waals surface area contributed by atoms with E-state index in [1.807, 2.05) is 30.3 Å². The number of alkyl halides is 1. The first-order chi connectivity index (χ1) is 10.1. The van der Waals surface area contributed by atoms with Gasteiger partial charge in [0.05, 0.1) is 7.11 Å². The second-order valence-electron chi connectivity index (χ2n) is 4.65. The Kier molecular flexibility index (Phi) is 5.15. The smallest absolute Gasteiger partial charge is 0.205 e. The Labute approximate surface area is 133 Å². The van der Waals surface area contributed by atoms with Crippen LogP contribution in [-0.2, 0) is 11.2 Å². The summed E-state index contributed by atoms with van der Waals surface area (Å²) < 4.78 is 9.49. The van der Waals surface area contributed by atoms with E-state index < -0.39 is 4.51 Å². The molecule has 0 bridgehead atoms. The summed E-state index contributed by atoms with van der Waals surface area (Å²) in [5, 5.41) is 0. The van der Waals surface area contributed by atoms with Crippen LogP contribution in [0.4, 0.5) is 0 Å². The van der Waals surface area contributed by atoms with Crippen LogP contribution >= 0.6 is 15.9 Å². The number of ketones is 1. The number of Topliss-reactive ketones (excluding diaryl/α,β-unsaturated/α-hetero) is 1. The summed E-state index contributed by atoms with van der Waals surface area (Å²) in [4.78, 5) is 12.7. The van der Waals surface area contributed by atoms with Crippen molar-refractivity contribution in [3.8, 4) is 5.75 Å². The van der Waals surface area contributed by atoms with Crippen molar-refractivity contribution in [3.05, 3.63) is 65.7 Å². The van der Waals surface area contributed by atoms with E-state index in [0.717, 1.165) is 5.56 Å². The summed E-state index contributed by atoms with van der Waals surface area (Å²) in [5.74, 6) is 0.601. The Balaban J connectivity index is 2.23. The normalized spacial score (nSPS) is 13.5. The number of benzene rings is 2. The van der Waals surface area contributed by atoms with E-state index in [1.165, 1.54) is 7.11 Å². The van der Waals surface area contributed by atoms with Gasteiger partial charge in [0, 0.05) is 19.1 Å². The molecule has 4 heteroatoms. The Morgan fingerprint density at radius 2 is 1.67 bits per heavy atom. The molecule has 0 saturated heterocycles. The summed E-state index contributed by atoms with van der Waals surface area (Å²) in [7, 11) is 3.12. The summed E-state index contributed by atoms with van der Waals surface area (Å²) in [6, 6.07) is 16.8. The molecule has 0 heterocycles. The Morgan fingerprint density at radius 3 is 2.19 bits per heavy atom. The Morgan fingerprint density at radius 1 is 1.05 bits per heavy atom. The molecule has 0 radical (unpaired) electrons. The van der Waals surface area contributed by atoms with Crippen molar-refractivity contribution in [2.24, 2.45) is 0 Å². The molecule has 2 aromatic carbocycles. The van der Waals surface area contributed by atoms with Gasteiger partial charge in [-0.1, -0.05) is 30.3 Å². The van der Waals surface area contributed by atoms with Gasteiger partial charge >= 0.3 is 0 Å². The number of hydrogen-bond donors (Lipinski definition) is 0. The minimum absolute atomic E-state index is 0.114. The van der Waals surface area contributed by atoms with Crippen molar-refractivity contribution in [1.29, 1.82) is 0 Å². The third kappa shape index (κ3) is 3.71. The fourth-order valence-electron chi connectivity index (χ4n) is 2.06. The van der Waals surface area contributed by atoms with Gasteiger partial charge in [0.1, 0.15) is 5.75 Å². The molecule has 1 atom stereocenters. The van der Waals surface area contributed by atoms with E-state index >= 15 is 0 Å².